The van der Waals surface area contributed by atoms with Crippen LogP contribution in [0.4, 0.5) is 4.79 Å². The normalized spacial score (nSPS) is 23.6. The third-order valence-electron chi connectivity index (χ3n) is 5.45. The smallest absolute Gasteiger partial charge is 0.407 e. The SMILES string of the molecule is CCN1CCN(C(C)CNC(=NC)N2CCC(NC(=O)OC(C)(C)C)C2)CC1. The first-order chi connectivity index (χ1) is 13.2. The fourth-order valence-corrected chi connectivity index (χ4v) is 3.77. The van der Waals surface area contributed by atoms with E-state index < -0.39 is 5.60 Å². The van der Waals surface area contributed by atoms with Crippen LogP contribution in [0.15, 0.2) is 4.99 Å². The number of carbonyl (C=O) groups excluding carboxylic acids is 1. The molecule has 0 saturated carbocycles. The predicted molar refractivity (Wildman–Crippen MR) is 114 cm³/mol. The monoisotopic (exact) mass is 396 g/mol. The minimum absolute atomic E-state index is 0.0907. The number of alkyl carbamates (subject to hydrolysis) is 1. The summed E-state index contributed by atoms with van der Waals surface area (Å²) in [7, 11) is 1.82. The lowest BCUT2D eigenvalue weighted by atomic mass is 10.2. The third kappa shape index (κ3) is 7.13. The molecule has 2 N–H and O–H groups in total. The fourth-order valence-electron chi connectivity index (χ4n) is 3.77. The van der Waals surface area contributed by atoms with Crippen molar-refractivity contribution in [1.82, 2.24) is 25.3 Å². The zero-order chi connectivity index (χ0) is 20.7. The maximum absolute atomic E-state index is 12.0. The van der Waals surface area contributed by atoms with E-state index in [0.29, 0.717) is 6.04 Å². The highest BCUT2D eigenvalue weighted by molar-refractivity contribution is 5.80. The Morgan fingerprint density at radius 2 is 1.89 bits per heavy atom. The molecule has 2 saturated heterocycles. The molecule has 0 aromatic rings. The number of carbonyl (C=O) groups is 1. The molecular weight excluding hydrogens is 356 g/mol. The zero-order valence-corrected chi connectivity index (χ0v) is 18.6. The van der Waals surface area contributed by atoms with Crippen LogP contribution in [0.1, 0.15) is 41.0 Å². The van der Waals surface area contributed by atoms with Crippen LogP contribution in [0.3, 0.4) is 0 Å². The Labute approximate surface area is 170 Å². The van der Waals surface area contributed by atoms with Gasteiger partial charge in [0, 0.05) is 58.9 Å². The van der Waals surface area contributed by atoms with E-state index in [4.69, 9.17) is 4.74 Å². The lowest BCUT2D eigenvalue weighted by Crippen LogP contribution is -2.53. The summed E-state index contributed by atoms with van der Waals surface area (Å²) in [5, 5.41) is 6.49. The summed E-state index contributed by atoms with van der Waals surface area (Å²) >= 11 is 0. The van der Waals surface area contributed by atoms with Crippen molar-refractivity contribution < 1.29 is 9.53 Å². The van der Waals surface area contributed by atoms with Gasteiger partial charge in [0.25, 0.3) is 0 Å². The summed E-state index contributed by atoms with van der Waals surface area (Å²) in [6, 6.07) is 0.557. The topological polar surface area (TPSA) is 72.4 Å². The quantitative estimate of drug-likeness (QED) is 0.537. The Bertz CT molecular complexity index is 525. The second-order valence-corrected chi connectivity index (χ2v) is 8.83. The molecule has 2 atom stereocenters. The van der Waals surface area contributed by atoms with Gasteiger partial charge >= 0.3 is 6.09 Å². The molecule has 2 aliphatic rings. The molecule has 28 heavy (non-hydrogen) atoms. The summed E-state index contributed by atoms with van der Waals surface area (Å²) in [6.07, 6.45) is 0.552. The number of likely N-dealkylation sites (N-methyl/N-ethyl adjacent to an activating group) is 1. The van der Waals surface area contributed by atoms with Crippen LogP contribution in [-0.4, -0.2) is 104 Å². The Morgan fingerprint density at radius 1 is 1.21 bits per heavy atom. The van der Waals surface area contributed by atoms with Crippen LogP contribution in [-0.2, 0) is 4.74 Å². The number of piperazine rings is 1. The Balaban J connectivity index is 1.74. The van der Waals surface area contributed by atoms with E-state index in [2.05, 4.69) is 44.2 Å². The summed E-state index contributed by atoms with van der Waals surface area (Å²) in [5.41, 5.74) is -0.473. The fraction of sp³-hybridized carbons (Fsp3) is 0.900. The highest BCUT2D eigenvalue weighted by Gasteiger charge is 2.28. The second-order valence-electron chi connectivity index (χ2n) is 8.83. The number of ether oxygens (including phenoxy) is 1. The largest absolute Gasteiger partial charge is 0.444 e. The molecule has 8 heteroatoms. The number of guanidine groups is 1. The molecule has 0 radical (unpaired) electrons. The molecule has 2 unspecified atom stereocenters. The first-order valence-corrected chi connectivity index (χ1v) is 10.6. The number of hydrogen-bond acceptors (Lipinski definition) is 5. The molecule has 162 valence electrons. The van der Waals surface area contributed by atoms with Crippen molar-refractivity contribution in [2.45, 2.75) is 58.7 Å². The Kier molecular flexibility index (Phi) is 8.37. The van der Waals surface area contributed by atoms with Gasteiger partial charge in [-0.15, -0.1) is 0 Å². The number of rotatable bonds is 5. The van der Waals surface area contributed by atoms with Gasteiger partial charge in [-0.1, -0.05) is 6.92 Å². The van der Waals surface area contributed by atoms with E-state index >= 15 is 0 Å². The molecule has 2 aliphatic heterocycles. The number of nitrogens with zero attached hydrogens (tertiary/aromatic N) is 4. The van der Waals surface area contributed by atoms with E-state index in [1.165, 1.54) is 0 Å². The number of aliphatic imine (C=N–C) groups is 1. The van der Waals surface area contributed by atoms with Gasteiger partial charge in [0.05, 0.1) is 6.04 Å². The van der Waals surface area contributed by atoms with Crippen molar-refractivity contribution in [2.24, 2.45) is 4.99 Å². The van der Waals surface area contributed by atoms with Gasteiger partial charge in [-0.25, -0.2) is 4.79 Å². The van der Waals surface area contributed by atoms with Gasteiger partial charge < -0.3 is 25.2 Å². The van der Waals surface area contributed by atoms with Gasteiger partial charge in [-0.05, 0) is 40.7 Å². The highest BCUT2D eigenvalue weighted by atomic mass is 16.6. The predicted octanol–water partition coefficient (Wildman–Crippen LogP) is 1.19. The van der Waals surface area contributed by atoms with Crippen molar-refractivity contribution >= 4 is 12.1 Å². The van der Waals surface area contributed by atoms with E-state index in [1.54, 1.807) is 0 Å². The molecule has 2 rings (SSSR count). The lowest BCUT2D eigenvalue weighted by molar-refractivity contribution is 0.0507. The number of nitrogens with one attached hydrogen (secondary N) is 2. The van der Waals surface area contributed by atoms with Gasteiger partial charge in [-0.2, -0.15) is 0 Å². The highest BCUT2D eigenvalue weighted by Crippen LogP contribution is 2.12. The maximum Gasteiger partial charge on any atom is 0.407 e. The molecule has 1 amide bonds. The summed E-state index contributed by atoms with van der Waals surface area (Å²) in [4.78, 5) is 23.7. The number of hydrogen-bond donors (Lipinski definition) is 2. The molecular formula is C20H40N6O2. The van der Waals surface area contributed by atoms with Crippen LogP contribution in [0.2, 0.25) is 0 Å². The van der Waals surface area contributed by atoms with Crippen molar-refractivity contribution in [3.05, 3.63) is 0 Å². The minimum Gasteiger partial charge on any atom is -0.444 e. The Hall–Kier alpha value is -1.54. The van der Waals surface area contributed by atoms with Crippen LogP contribution >= 0.6 is 0 Å². The standard InChI is InChI=1S/C20H40N6O2/c1-7-24-10-12-25(13-11-24)16(2)14-22-18(21-6)26-9-8-17(15-26)23-19(27)28-20(3,4)5/h16-17H,7-15H2,1-6H3,(H,21,22)(H,23,27). The zero-order valence-electron chi connectivity index (χ0n) is 18.6. The second kappa shape index (κ2) is 10.3. The van der Waals surface area contributed by atoms with Crippen molar-refractivity contribution in [1.29, 1.82) is 0 Å². The molecule has 0 aliphatic carbocycles. The van der Waals surface area contributed by atoms with Gasteiger partial charge in [-0.3, -0.25) is 9.89 Å². The Morgan fingerprint density at radius 3 is 2.46 bits per heavy atom. The lowest BCUT2D eigenvalue weighted by Gasteiger charge is -2.38. The molecule has 0 spiro atoms. The van der Waals surface area contributed by atoms with Crippen LogP contribution in [0.5, 0.6) is 0 Å². The van der Waals surface area contributed by atoms with Crippen LogP contribution in [0, 0.1) is 0 Å². The molecule has 8 nitrogen and oxygen atoms in total. The minimum atomic E-state index is -0.473. The number of amides is 1. The van der Waals surface area contributed by atoms with E-state index in [0.717, 1.165) is 64.7 Å². The molecule has 2 fully saturated rings. The third-order valence-corrected chi connectivity index (χ3v) is 5.45. The van der Waals surface area contributed by atoms with Gasteiger partial charge in [0.1, 0.15) is 5.60 Å². The number of likely N-dealkylation sites (tertiary alicyclic amines) is 1. The first-order valence-electron chi connectivity index (χ1n) is 10.6. The first kappa shape index (κ1) is 22.7. The van der Waals surface area contributed by atoms with Crippen LogP contribution in [0.25, 0.3) is 0 Å². The van der Waals surface area contributed by atoms with Gasteiger partial charge in [0.2, 0.25) is 0 Å². The van der Waals surface area contributed by atoms with Crippen LogP contribution < -0.4 is 10.6 Å². The van der Waals surface area contributed by atoms with E-state index in [1.807, 2.05) is 27.8 Å². The van der Waals surface area contributed by atoms with Crippen molar-refractivity contribution in [3.8, 4) is 0 Å². The summed E-state index contributed by atoms with van der Waals surface area (Å²) in [6.45, 7) is 18.3. The molecule has 2 heterocycles. The van der Waals surface area contributed by atoms with E-state index in [9.17, 15) is 4.79 Å². The summed E-state index contributed by atoms with van der Waals surface area (Å²) < 4.78 is 5.36. The van der Waals surface area contributed by atoms with Gasteiger partial charge in [0.15, 0.2) is 5.96 Å². The molecule has 0 aromatic heterocycles. The van der Waals surface area contributed by atoms with E-state index in [-0.39, 0.29) is 12.1 Å². The molecule has 0 bridgehead atoms. The van der Waals surface area contributed by atoms with Crippen molar-refractivity contribution in [2.75, 3.05) is 59.4 Å². The average Bonchev–Trinajstić information content (AvgIpc) is 3.08. The summed E-state index contributed by atoms with van der Waals surface area (Å²) in [5.74, 6) is 0.910. The molecule has 0 aromatic carbocycles. The average molecular weight is 397 g/mol. The maximum atomic E-state index is 12.0. The van der Waals surface area contributed by atoms with Crippen molar-refractivity contribution in [3.63, 3.8) is 0 Å².